The first-order chi connectivity index (χ1) is 11.8. The number of aromatic nitrogens is 1. The Morgan fingerprint density at radius 3 is 2.72 bits per heavy atom. The Morgan fingerprint density at radius 2 is 2.12 bits per heavy atom. The number of nitrogens with one attached hydrogen (secondary N) is 2. The van der Waals surface area contributed by atoms with Crippen molar-refractivity contribution in [2.24, 2.45) is 11.3 Å². The normalized spacial score (nSPS) is 24.2. The Bertz CT molecular complexity index is 648. The average Bonchev–Trinajstić information content (AvgIpc) is 2.53. The predicted octanol–water partition coefficient (Wildman–Crippen LogP) is 2.40. The maximum Gasteiger partial charge on any atom is 0.318 e. The van der Waals surface area contributed by atoms with Gasteiger partial charge in [-0.15, -0.1) is 0 Å². The molecule has 2 N–H and O–H groups in total. The number of urea groups is 1. The van der Waals surface area contributed by atoms with Crippen molar-refractivity contribution in [1.82, 2.24) is 20.5 Å². The highest BCUT2D eigenvalue weighted by Crippen LogP contribution is 2.50. The second-order valence-electron chi connectivity index (χ2n) is 8.15. The molecule has 2 atom stereocenters. The molecule has 25 heavy (non-hydrogen) atoms. The number of aryl methyl sites for hydroxylation is 1. The van der Waals surface area contributed by atoms with Crippen LogP contribution in [0, 0.1) is 18.3 Å². The van der Waals surface area contributed by atoms with Crippen LogP contribution in [-0.2, 0) is 4.79 Å². The molecule has 0 aromatic carbocycles. The Labute approximate surface area is 149 Å². The van der Waals surface area contributed by atoms with Crippen LogP contribution in [0.5, 0.6) is 0 Å². The molecule has 2 fully saturated rings. The van der Waals surface area contributed by atoms with Gasteiger partial charge in [0, 0.05) is 25.0 Å². The molecule has 1 saturated carbocycles. The van der Waals surface area contributed by atoms with E-state index in [1.54, 1.807) is 11.8 Å². The van der Waals surface area contributed by atoms with Crippen molar-refractivity contribution < 1.29 is 9.59 Å². The number of piperazine rings is 1. The van der Waals surface area contributed by atoms with E-state index in [0.717, 1.165) is 24.1 Å². The molecule has 0 spiro atoms. The number of amides is 3. The van der Waals surface area contributed by atoms with Gasteiger partial charge >= 0.3 is 6.03 Å². The van der Waals surface area contributed by atoms with E-state index in [0.29, 0.717) is 24.4 Å². The van der Waals surface area contributed by atoms with Crippen LogP contribution >= 0.6 is 0 Å². The summed E-state index contributed by atoms with van der Waals surface area (Å²) in [5.74, 6) is 0.303. The molecule has 0 bridgehead atoms. The minimum atomic E-state index is -0.441. The number of carbonyl (C=O) groups is 2. The molecule has 1 aliphatic heterocycles. The SMILES string of the molecule is Cc1ccc(C(NC(=O)N2CCNC(=O)[C@H]2C)C2CC(C)(C)C2)cn1. The third-order valence-electron chi connectivity index (χ3n) is 5.43. The van der Waals surface area contributed by atoms with Crippen LogP contribution in [0.2, 0.25) is 0 Å². The first-order valence-electron chi connectivity index (χ1n) is 9.04. The van der Waals surface area contributed by atoms with Crippen LogP contribution in [0.25, 0.3) is 0 Å². The molecule has 2 aliphatic rings. The topological polar surface area (TPSA) is 74.3 Å². The van der Waals surface area contributed by atoms with E-state index in [2.05, 4.69) is 29.5 Å². The van der Waals surface area contributed by atoms with E-state index in [4.69, 9.17) is 0 Å². The molecule has 3 amide bonds. The molecule has 1 unspecified atom stereocenters. The Balaban J connectivity index is 1.76. The molecule has 6 heteroatoms. The van der Waals surface area contributed by atoms with Crippen molar-refractivity contribution in [1.29, 1.82) is 0 Å². The van der Waals surface area contributed by atoms with Crippen LogP contribution in [0.15, 0.2) is 18.3 Å². The fourth-order valence-corrected chi connectivity index (χ4v) is 4.01. The van der Waals surface area contributed by atoms with E-state index in [1.807, 2.05) is 25.3 Å². The van der Waals surface area contributed by atoms with E-state index in [9.17, 15) is 9.59 Å². The lowest BCUT2D eigenvalue weighted by Crippen LogP contribution is -2.59. The smallest absolute Gasteiger partial charge is 0.318 e. The van der Waals surface area contributed by atoms with Gasteiger partial charge in [0.05, 0.1) is 6.04 Å². The van der Waals surface area contributed by atoms with Crippen molar-refractivity contribution >= 4 is 11.9 Å². The zero-order chi connectivity index (χ0) is 18.2. The third kappa shape index (κ3) is 3.78. The quantitative estimate of drug-likeness (QED) is 0.884. The molecule has 2 heterocycles. The van der Waals surface area contributed by atoms with Crippen LogP contribution in [0.3, 0.4) is 0 Å². The molecule has 1 aromatic rings. The maximum atomic E-state index is 12.8. The highest BCUT2D eigenvalue weighted by molar-refractivity contribution is 5.88. The van der Waals surface area contributed by atoms with Gasteiger partial charge in [-0.05, 0) is 49.7 Å². The van der Waals surface area contributed by atoms with Gasteiger partial charge in [-0.1, -0.05) is 19.9 Å². The van der Waals surface area contributed by atoms with Gasteiger partial charge in [0.2, 0.25) is 5.91 Å². The number of hydrogen-bond donors (Lipinski definition) is 2. The largest absolute Gasteiger partial charge is 0.353 e. The van der Waals surface area contributed by atoms with E-state index in [-0.39, 0.29) is 18.0 Å². The molecular weight excluding hydrogens is 316 g/mol. The zero-order valence-corrected chi connectivity index (χ0v) is 15.5. The van der Waals surface area contributed by atoms with Crippen molar-refractivity contribution in [3.63, 3.8) is 0 Å². The fourth-order valence-electron chi connectivity index (χ4n) is 4.01. The minimum Gasteiger partial charge on any atom is -0.353 e. The van der Waals surface area contributed by atoms with E-state index < -0.39 is 6.04 Å². The van der Waals surface area contributed by atoms with Crippen LogP contribution in [0.4, 0.5) is 4.79 Å². The summed E-state index contributed by atoms with van der Waals surface area (Å²) in [7, 11) is 0. The Hall–Kier alpha value is -2.11. The number of carbonyl (C=O) groups excluding carboxylic acids is 2. The summed E-state index contributed by atoms with van der Waals surface area (Å²) in [6.45, 7) is 9.28. The summed E-state index contributed by atoms with van der Waals surface area (Å²) < 4.78 is 0. The van der Waals surface area contributed by atoms with E-state index >= 15 is 0 Å². The first-order valence-corrected chi connectivity index (χ1v) is 9.04. The van der Waals surface area contributed by atoms with Gasteiger partial charge in [0.1, 0.15) is 6.04 Å². The zero-order valence-electron chi connectivity index (χ0n) is 15.5. The molecule has 3 rings (SSSR count). The highest BCUT2D eigenvalue weighted by atomic mass is 16.2. The van der Waals surface area contributed by atoms with Crippen LogP contribution in [0.1, 0.15) is 50.9 Å². The van der Waals surface area contributed by atoms with Gasteiger partial charge < -0.3 is 15.5 Å². The monoisotopic (exact) mass is 344 g/mol. The molecule has 1 aromatic heterocycles. The lowest BCUT2D eigenvalue weighted by atomic mass is 9.61. The number of hydrogen-bond acceptors (Lipinski definition) is 3. The fraction of sp³-hybridized carbons (Fsp3) is 0.632. The van der Waals surface area contributed by atoms with Gasteiger partial charge in [-0.3, -0.25) is 9.78 Å². The van der Waals surface area contributed by atoms with Gasteiger partial charge in [0.15, 0.2) is 0 Å². The molecule has 6 nitrogen and oxygen atoms in total. The average molecular weight is 344 g/mol. The molecule has 0 radical (unpaired) electrons. The molecule has 1 aliphatic carbocycles. The highest BCUT2D eigenvalue weighted by Gasteiger charge is 2.42. The summed E-state index contributed by atoms with van der Waals surface area (Å²) in [5, 5.41) is 5.97. The summed E-state index contributed by atoms with van der Waals surface area (Å²) in [5.41, 5.74) is 2.32. The number of pyridine rings is 1. The Kier molecular flexibility index (Phi) is 4.71. The second-order valence-corrected chi connectivity index (χ2v) is 8.15. The van der Waals surface area contributed by atoms with Crippen molar-refractivity contribution in [3.8, 4) is 0 Å². The molecule has 1 saturated heterocycles. The predicted molar refractivity (Wildman–Crippen MR) is 95.9 cm³/mol. The molecule has 136 valence electrons. The van der Waals surface area contributed by atoms with Gasteiger partial charge in [-0.25, -0.2) is 4.79 Å². The number of rotatable bonds is 3. The Morgan fingerprint density at radius 1 is 1.40 bits per heavy atom. The van der Waals surface area contributed by atoms with Crippen molar-refractivity contribution in [3.05, 3.63) is 29.6 Å². The maximum absolute atomic E-state index is 12.8. The number of nitrogens with zero attached hydrogens (tertiary/aromatic N) is 2. The first kappa shape index (κ1) is 17.7. The van der Waals surface area contributed by atoms with Crippen LogP contribution in [-0.4, -0.2) is 41.0 Å². The van der Waals surface area contributed by atoms with Gasteiger partial charge in [-0.2, -0.15) is 0 Å². The minimum absolute atomic E-state index is 0.0641. The van der Waals surface area contributed by atoms with Crippen LogP contribution < -0.4 is 10.6 Å². The van der Waals surface area contributed by atoms with Crippen molar-refractivity contribution in [2.75, 3.05) is 13.1 Å². The molecular formula is C19H28N4O2. The summed E-state index contributed by atoms with van der Waals surface area (Å²) in [6, 6.07) is 3.35. The van der Waals surface area contributed by atoms with Gasteiger partial charge in [0.25, 0.3) is 0 Å². The van der Waals surface area contributed by atoms with E-state index in [1.165, 1.54) is 0 Å². The third-order valence-corrected chi connectivity index (χ3v) is 5.43. The standard InChI is InChI=1S/C19H28N4O2/c1-12-5-6-14(11-21-12)16(15-9-19(3,4)10-15)22-18(25)23-8-7-20-17(24)13(23)2/h5-6,11,13,15-16H,7-10H2,1-4H3,(H,20,24)(H,22,25)/t13-,16?/m1/s1. The van der Waals surface area contributed by atoms with Crippen molar-refractivity contribution in [2.45, 2.75) is 52.6 Å². The summed E-state index contributed by atoms with van der Waals surface area (Å²) in [6.07, 6.45) is 4.00. The second kappa shape index (κ2) is 6.65. The lowest BCUT2D eigenvalue weighted by molar-refractivity contribution is -0.127. The lowest BCUT2D eigenvalue weighted by Gasteiger charge is -2.47. The summed E-state index contributed by atoms with van der Waals surface area (Å²) in [4.78, 5) is 30.7. The summed E-state index contributed by atoms with van der Waals surface area (Å²) >= 11 is 0.